The van der Waals surface area contributed by atoms with Crippen LogP contribution in [0.15, 0.2) is 48.5 Å². The van der Waals surface area contributed by atoms with Crippen LogP contribution in [0, 0.1) is 0 Å². The second-order valence-corrected chi connectivity index (χ2v) is 7.03. The van der Waals surface area contributed by atoms with Gasteiger partial charge >= 0.3 is 6.18 Å². The number of benzene rings is 2. The predicted octanol–water partition coefficient (Wildman–Crippen LogP) is 4.98. The van der Waals surface area contributed by atoms with Gasteiger partial charge in [-0.1, -0.05) is 36.4 Å². The third kappa shape index (κ3) is 7.07. The lowest BCUT2D eigenvalue weighted by Crippen LogP contribution is -2.46. The summed E-state index contributed by atoms with van der Waals surface area (Å²) in [5.41, 5.74) is 1.61. The van der Waals surface area contributed by atoms with Crippen LogP contribution in [0.3, 0.4) is 0 Å². The quantitative estimate of drug-likeness (QED) is 0.622. The Morgan fingerprint density at radius 2 is 1.70 bits per heavy atom. The first-order chi connectivity index (χ1) is 14.0. The lowest BCUT2D eigenvalue weighted by atomic mass is 10.00. The van der Waals surface area contributed by atoms with E-state index >= 15 is 0 Å². The maximum absolute atomic E-state index is 13.3. The topological polar surface area (TPSA) is 33.7 Å². The third-order valence-corrected chi connectivity index (χ3v) is 4.91. The SMILES string of the molecule is CCOc1cc([C@H](CC(F)(F)F)N2CCNCC2)ccc1OCc1ccccc1.Cl. The average molecular weight is 445 g/mol. The first-order valence-corrected chi connectivity index (χ1v) is 9.91. The van der Waals surface area contributed by atoms with Gasteiger partial charge in [-0.2, -0.15) is 13.2 Å². The summed E-state index contributed by atoms with van der Waals surface area (Å²) in [4.78, 5) is 1.89. The number of nitrogens with one attached hydrogen (secondary N) is 1. The fourth-order valence-corrected chi connectivity index (χ4v) is 3.53. The molecule has 0 spiro atoms. The van der Waals surface area contributed by atoms with Crippen LogP contribution in [0.2, 0.25) is 0 Å². The minimum atomic E-state index is -4.25. The van der Waals surface area contributed by atoms with Gasteiger partial charge in [-0.3, -0.25) is 4.90 Å². The summed E-state index contributed by atoms with van der Waals surface area (Å²) >= 11 is 0. The Morgan fingerprint density at radius 1 is 1.00 bits per heavy atom. The molecule has 1 fully saturated rings. The predicted molar refractivity (Wildman–Crippen MR) is 113 cm³/mol. The molecule has 1 heterocycles. The minimum Gasteiger partial charge on any atom is -0.490 e. The van der Waals surface area contributed by atoms with Crippen molar-refractivity contribution in [3.63, 3.8) is 0 Å². The van der Waals surface area contributed by atoms with Crippen LogP contribution >= 0.6 is 12.4 Å². The maximum atomic E-state index is 13.3. The maximum Gasteiger partial charge on any atom is 0.390 e. The standard InChI is InChI=1S/C22H27F3N2O2.ClH/c1-2-28-21-14-18(8-9-20(21)29-16-17-6-4-3-5-7-17)19(15-22(23,24)25)27-12-10-26-11-13-27;/h3-9,14,19,26H,2,10-13,15-16H2,1H3;1H/t19-;/m0./s1. The van der Waals surface area contributed by atoms with Gasteiger partial charge in [-0.05, 0) is 30.2 Å². The first kappa shape index (κ1) is 24.3. The van der Waals surface area contributed by atoms with Crippen LogP contribution in [0.5, 0.6) is 11.5 Å². The van der Waals surface area contributed by atoms with Gasteiger partial charge < -0.3 is 14.8 Å². The molecule has 0 aromatic heterocycles. The Kier molecular flexibility index (Phi) is 9.27. The van der Waals surface area contributed by atoms with Gasteiger partial charge in [0.1, 0.15) is 6.61 Å². The van der Waals surface area contributed by atoms with E-state index in [1.807, 2.05) is 42.2 Å². The van der Waals surface area contributed by atoms with Crippen molar-refractivity contribution < 1.29 is 22.6 Å². The Hall–Kier alpha value is -1.96. The second-order valence-electron chi connectivity index (χ2n) is 7.03. The largest absolute Gasteiger partial charge is 0.490 e. The molecular weight excluding hydrogens is 417 g/mol. The van der Waals surface area contributed by atoms with Crippen molar-refractivity contribution in [1.29, 1.82) is 0 Å². The fourth-order valence-electron chi connectivity index (χ4n) is 3.53. The Balaban J connectivity index is 0.00000320. The zero-order valence-corrected chi connectivity index (χ0v) is 17.8. The number of ether oxygens (including phenoxy) is 2. The fraction of sp³-hybridized carbons (Fsp3) is 0.455. The van der Waals surface area contributed by atoms with Gasteiger partial charge in [0.2, 0.25) is 0 Å². The molecule has 1 N–H and O–H groups in total. The van der Waals surface area contributed by atoms with Gasteiger partial charge in [0.15, 0.2) is 11.5 Å². The van der Waals surface area contributed by atoms with Gasteiger partial charge in [0.25, 0.3) is 0 Å². The van der Waals surface area contributed by atoms with E-state index in [1.165, 1.54) is 0 Å². The Labute approximate surface area is 181 Å². The summed E-state index contributed by atoms with van der Waals surface area (Å²) in [7, 11) is 0. The highest BCUT2D eigenvalue weighted by atomic mass is 35.5. The Bertz CT molecular complexity index is 769. The van der Waals surface area contributed by atoms with E-state index in [4.69, 9.17) is 9.47 Å². The lowest BCUT2D eigenvalue weighted by molar-refractivity contribution is -0.148. The minimum absolute atomic E-state index is 0. The van der Waals surface area contributed by atoms with E-state index in [-0.39, 0.29) is 12.4 Å². The molecule has 0 radical (unpaired) electrons. The van der Waals surface area contributed by atoms with Crippen molar-refractivity contribution in [2.75, 3.05) is 32.8 Å². The van der Waals surface area contributed by atoms with Crippen LogP contribution in [0.25, 0.3) is 0 Å². The summed E-state index contributed by atoms with van der Waals surface area (Å²) in [6.07, 6.45) is -5.13. The monoisotopic (exact) mass is 444 g/mol. The zero-order valence-electron chi connectivity index (χ0n) is 17.0. The smallest absolute Gasteiger partial charge is 0.390 e. The second kappa shape index (κ2) is 11.4. The third-order valence-electron chi connectivity index (χ3n) is 4.91. The molecule has 1 aliphatic heterocycles. The van der Waals surface area contributed by atoms with Crippen molar-refractivity contribution in [3.8, 4) is 11.5 Å². The van der Waals surface area contributed by atoms with E-state index in [1.54, 1.807) is 18.2 Å². The summed E-state index contributed by atoms with van der Waals surface area (Å²) in [6, 6.07) is 14.1. The molecule has 3 rings (SSSR count). The van der Waals surface area contributed by atoms with Crippen LogP contribution in [0.1, 0.15) is 30.5 Å². The number of hydrogen-bond acceptors (Lipinski definition) is 4. The summed E-state index contributed by atoms with van der Waals surface area (Å²) in [5.74, 6) is 1.01. The molecule has 166 valence electrons. The van der Waals surface area contributed by atoms with Gasteiger partial charge in [0.05, 0.1) is 13.0 Å². The molecule has 1 atom stereocenters. The highest BCUT2D eigenvalue weighted by Crippen LogP contribution is 2.38. The molecule has 2 aromatic rings. The molecule has 1 aliphatic rings. The van der Waals surface area contributed by atoms with E-state index in [0.29, 0.717) is 56.5 Å². The Morgan fingerprint density at radius 3 is 2.33 bits per heavy atom. The molecule has 0 saturated carbocycles. The van der Waals surface area contributed by atoms with Crippen LogP contribution in [-0.4, -0.2) is 43.9 Å². The number of nitrogens with zero attached hydrogens (tertiary/aromatic N) is 1. The van der Waals surface area contributed by atoms with Gasteiger partial charge in [-0.25, -0.2) is 0 Å². The molecule has 0 unspecified atom stereocenters. The number of hydrogen-bond donors (Lipinski definition) is 1. The highest BCUT2D eigenvalue weighted by Gasteiger charge is 2.36. The number of piperazine rings is 1. The van der Waals surface area contributed by atoms with Crippen LogP contribution in [-0.2, 0) is 6.61 Å². The molecule has 1 saturated heterocycles. The lowest BCUT2D eigenvalue weighted by Gasteiger charge is -2.36. The zero-order chi connectivity index (χ0) is 20.7. The van der Waals surface area contributed by atoms with Gasteiger partial charge in [0, 0.05) is 32.2 Å². The van der Waals surface area contributed by atoms with Crippen molar-refractivity contribution in [1.82, 2.24) is 10.2 Å². The number of alkyl halides is 3. The van der Waals surface area contributed by atoms with Crippen molar-refractivity contribution in [3.05, 3.63) is 59.7 Å². The highest BCUT2D eigenvalue weighted by molar-refractivity contribution is 5.85. The number of halogens is 4. The van der Waals surface area contributed by atoms with E-state index < -0.39 is 18.6 Å². The summed E-state index contributed by atoms with van der Waals surface area (Å²) < 4.78 is 51.4. The molecule has 4 nitrogen and oxygen atoms in total. The number of rotatable bonds is 8. The van der Waals surface area contributed by atoms with E-state index in [2.05, 4.69) is 5.32 Å². The molecular formula is C22H28ClF3N2O2. The molecule has 0 amide bonds. The van der Waals surface area contributed by atoms with E-state index in [9.17, 15) is 13.2 Å². The van der Waals surface area contributed by atoms with Crippen LogP contribution < -0.4 is 14.8 Å². The molecule has 8 heteroatoms. The van der Waals surface area contributed by atoms with E-state index in [0.717, 1.165) is 5.56 Å². The summed E-state index contributed by atoms with van der Waals surface area (Å²) in [6.45, 7) is 5.15. The van der Waals surface area contributed by atoms with Crippen molar-refractivity contribution in [2.24, 2.45) is 0 Å². The molecule has 0 bridgehead atoms. The van der Waals surface area contributed by atoms with Crippen molar-refractivity contribution >= 4 is 12.4 Å². The average Bonchev–Trinajstić information content (AvgIpc) is 2.72. The van der Waals surface area contributed by atoms with Gasteiger partial charge in [-0.15, -0.1) is 12.4 Å². The normalized spacial score (nSPS) is 15.9. The van der Waals surface area contributed by atoms with Crippen molar-refractivity contribution in [2.45, 2.75) is 32.2 Å². The molecule has 30 heavy (non-hydrogen) atoms. The summed E-state index contributed by atoms with van der Waals surface area (Å²) in [5, 5.41) is 3.19. The molecule has 0 aliphatic carbocycles. The molecule has 2 aromatic carbocycles. The van der Waals surface area contributed by atoms with Crippen LogP contribution in [0.4, 0.5) is 13.2 Å². The first-order valence-electron chi connectivity index (χ1n) is 9.91.